The maximum atomic E-state index is 6.05. The van der Waals surface area contributed by atoms with E-state index in [1.54, 1.807) is 0 Å². The topological polar surface area (TPSA) is 29.3 Å². The molecule has 88 valence electrons. The van der Waals surface area contributed by atoms with Crippen LogP contribution < -0.4 is 5.73 Å². The molecule has 0 spiro atoms. The van der Waals surface area contributed by atoms with E-state index in [2.05, 4.69) is 24.1 Å². The molecule has 0 aromatic heterocycles. The van der Waals surface area contributed by atoms with Crippen LogP contribution in [0.3, 0.4) is 0 Å². The summed E-state index contributed by atoms with van der Waals surface area (Å²) >= 11 is 6.05. The number of likely N-dealkylation sites (tertiary alicyclic amines) is 1. The first-order valence-electron chi connectivity index (χ1n) is 5.88. The Kier molecular flexibility index (Phi) is 3.85. The first-order valence-corrected chi connectivity index (χ1v) is 6.26. The SMILES string of the molecule is CN1CCC[C@H](CN)[C@@H]1c1cccc(Cl)c1. The van der Waals surface area contributed by atoms with Gasteiger partial charge in [0.2, 0.25) is 0 Å². The number of benzene rings is 1. The van der Waals surface area contributed by atoms with Crippen LogP contribution in [0, 0.1) is 5.92 Å². The summed E-state index contributed by atoms with van der Waals surface area (Å²) in [6, 6.07) is 8.59. The van der Waals surface area contributed by atoms with Gasteiger partial charge in [-0.3, -0.25) is 4.90 Å². The molecule has 1 fully saturated rings. The summed E-state index contributed by atoms with van der Waals surface area (Å²) in [6.07, 6.45) is 2.47. The largest absolute Gasteiger partial charge is 0.330 e. The van der Waals surface area contributed by atoms with E-state index in [0.29, 0.717) is 12.0 Å². The summed E-state index contributed by atoms with van der Waals surface area (Å²) < 4.78 is 0. The number of nitrogens with two attached hydrogens (primary N) is 1. The fraction of sp³-hybridized carbons (Fsp3) is 0.538. The molecule has 3 heteroatoms. The molecule has 0 saturated carbocycles. The van der Waals surface area contributed by atoms with Crippen LogP contribution in [0.15, 0.2) is 24.3 Å². The summed E-state index contributed by atoms with van der Waals surface area (Å²) in [4.78, 5) is 2.40. The Morgan fingerprint density at radius 1 is 1.50 bits per heavy atom. The normalized spacial score (nSPS) is 26.9. The van der Waals surface area contributed by atoms with Crippen molar-refractivity contribution in [1.29, 1.82) is 0 Å². The molecule has 1 heterocycles. The summed E-state index contributed by atoms with van der Waals surface area (Å²) in [5, 5.41) is 0.812. The second-order valence-electron chi connectivity index (χ2n) is 4.62. The molecule has 0 bridgehead atoms. The number of hydrogen-bond donors (Lipinski definition) is 1. The van der Waals surface area contributed by atoms with E-state index in [1.807, 2.05) is 12.1 Å². The van der Waals surface area contributed by atoms with Gasteiger partial charge in [-0.15, -0.1) is 0 Å². The molecule has 1 aromatic rings. The minimum atomic E-state index is 0.428. The fourth-order valence-corrected chi connectivity index (χ4v) is 2.92. The smallest absolute Gasteiger partial charge is 0.0409 e. The lowest BCUT2D eigenvalue weighted by Crippen LogP contribution is -2.39. The van der Waals surface area contributed by atoms with Crippen molar-refractivity contribution in [1.82, 2.24) is 4.90 Å². The Bertz CT molecular complexity index is 354. The zero-order valence-electron chi connectivity index (χ0n) is 9.70. The zero-order valence-corrected chi connectivity index (χ0v) is 10.5. The highest BCUT2D eigenvalue weighted by Gasteiger charge is 2.29. The Morgan fingerprint density at radius 3 is 3.00 bits per heavy atom. The minimum absolute atomic E-state index is 0.428. The second-order valence-corrected chi connectivity index (χ2v) is 5.05. The van der Waals surface area contributed by atoms with Crippen LogP contribution >= 0.6 is 11.6 Å². The first kappa shape index (κ1) is 11.9. The predicted octanol–water partition coefficient (Wildman–Crippen LogP) is 2.68. The highest BCUT2D eigenvalue weighted by molar-refractivity contribution is 6.30. The summed E-state index contributed by atoms with van der Waals surface area (Å²) in [5.74, 6) is 0.553. The van der Waals surface area contributed by atoms with Crippen LogP contribution in [0.2, 0.25) is 5.02 Å². The number of rotatable bonds is 2. The molecule has 0 amide bonds. The molecule has 2 rings (SSSR count). The van der Waals surface area contributed by atoms with E-state index in [1.165, 1.54) is 18.4 Å². The lowest BCUT2D eigenvalue weighted by Gasteiger charge is -2.39. The van der Waals surface area contributed by atoms with Crippen molar-refractivity contribution in [2.45, 2.75) is 18.9 Å². The van der Waals surface area contributed by atoms with Crippen molar-refractivity contribution in [3.8, 4) is 0 Å². The Hall–Kier alpha value is -0.570. The van der Waals surface area contributed by atoms with Crippen LogP contribution in [0.4, 0.5) is 0 Å². The van der Waals surface area contributed by atoms with Gasteiger partial charge in [-0.2, -0.15) is 0 Å². The fourth-order valence-electron chi connectivity index (χ4n) is 2.72. The van der Waals surface area contributed by atoms with Gasteiger partial charge in [0.05, 0.1) is 0 Å². The molecular formula is C13H19ClN2. The zero-order chi connectivity index (χ0) is 11.5. The van der Waals surface area contributed by atoms with E-state index < -0.39 is 0 Å². The predicted molar refractivity (Wildman–Crippen MR) is 68.6 cm³/mol. The van der Waals surface area contributed by atoms with Crippen molar-refractivity contribution >= 4 is 11.6 Å². The maximum Gasteiger partial charge on any atom is 0.0409 e. The molecule has 1 saturated heterocycles. The number of hydrogen-bond acceptors (Lipinski definition) is 2. The molecule has 16 heavy (non-hydrogen) atoms. The van der Waals surface area contributed by atoms with Crippen LogP contribution in [0.1, 0.15) is 24.4 Å². The van der Waals surface area contributed by atoms with Crippen molar-refractivity contribution in [2.75, 3.05) is 20.1 Å². The Labute approximate surface area is 102 Å². The maximum absolute atomic E-state index is 6.05. The van der Waals surface area contributed by atoms with Crippen LogP contribution in [0.25, 0.3) is 0 Å². The van der Waals surface area contributed by atoms with Gasteiger partial charge in [0.15, 0.2) is 0 Å². The van der Waals surface area contributed by atoms with Gasteiger partial charge in [-0.05, 0) is 56.6 Å². The third kappa shape index (κ3) is 2.40. The van der Waals surface area contributed by atoms with Gasteiger partial charge in [0, 0.05) is 11.1 Å². The highest BCUT2D eigenvalue weighted by Crippen LogP contribution is 2.35. The standard InChI is InChI=1S/C13H19ClN2/c1-16-7-3-5-11(9-15)13(16)10-4-2-6-12(14)8-10/h2,4,6,8,11,13H,3,5,7,9,15H2,1H3/t11-,13+/m1/s1. The Balaban J connectivity index is 2.28. The van der Waals surface area contributed by atoms with Gasteiger partial charge in [0.25, 0.3) is 0 Å². The van der Waals surface area contributed by atoms with E-state index in [9.17, 15) is 0 Å². The Morgan fingerprint density at radius 2 is 2.31 bits per heavy atom. The quantitative estimate of drug-likeness (QED) is 0.859. The average Bonchev–Trinajstić information content (AvgIpc) is 2.28. The van der Waals surface area contributed by atoms with Gasteiger partial charge < -0.3 is 5.73 Å². The van der Waals surface area contributed by atoms with Gasteiger partial charge in [0.1, 0.15) is 0 Å². The van der Waals surface area contributed by atoms with Crippen molar-refractivity contribution in [3.63, 3.8) is 0 Å². The second kappa shape index (κ2) is 5.17. The van der Waals surface area contributed by atoms with E-state index in [-0.39, 0.29) is 0 Å². The molecule has 2 N–H and O–H groups in total. The number of nitrogens with zero attached hydrogens (tertiary/aromatic N) is 1. The molecule has 0 aliphatic carbocycles. The van der Waals surface area contributed by atoms with Crippen LogP contribution in [-0.4, -0.2) is 25.0 Å². The van der Waals surface area contributed by atoms with Gasteiger partial charge >= 0.3 is 0 Å². The summed E-state index contributed by atoms with van der Waals surface area (Å²) in [6.45, 7) is 1.90. The third-order valence-corrected chi connectivity index (χ3v) is 3.74. The molecule has 1 aliphatic rings. The molecule has 2 nitrogen and oxygen atoms in total. The molecule has 1 aliphatic heterocycles. The van der Waals surface area contributed by atoms with Crippen LogP contribution in [-0.2, 0) is 0 Å². The molecule has 0 radical (unpaired) electrons. The van der Waals surface area contributed by atoms with Crippen LogP contribution in [0.5, 0.6) is 0 Å². The monoisotopic (exact) mass is 238 g/mol. The molecular weight excluding hydrogens is 220 g/mol. The van der Waals surface area contributed by atoms with Gasteiger partial charge in [-0.1, -0.05) is 23.7 Å². The first-order chi connectivity index (χ1) is 7.72. The van der Waals surface area contributed by atoms with E-state index >= 15 is 0 Å². The lowest BCUT2D eigenvalue weighted by atomic mass is 9.85. The third-order valence-electron chi connectivity index (χ3n) is 3.50. The van der Waals surface area contributed by atoms with Gasteiger partial charge in [-0.25, -0.2) is 0 Å². The molecule has 2 atom stereocenters. The number of piperidine rings is 1. The number of halogens is 1. The molecule has 1 aromatic carbocycles. The van der Waals surface area contributed by atoms with E-state index in [0.717, 1.165) is 18.1 Å². The minimum Gasteiger partial charge on any atom is -0.330 e. The van der Waals surface area contributed by atoms with Crippen molar-refractivity contribution in [3.05, 3.63) is 34.9 Å². The average molecular weight is 239 g/mol. The molecule has 0 unspecified atom stereocenters. The van der Waals surface area contributed by atoms with Crippen molar-refractivity contribution < 1.29 is 0 Å². The summed E-state index contributed by atoms with van der Waals surface area (Å²) in [7, 11) is 2.17. The van der Waals surface area contributed by atoms with Crippen molar-refractivity contribution in [2.24, 2.45) is 11.7 Å². The summed E-state index contributed by atoms with van der Waals surface area (Å²) in [5.41, 5.74) is 7.17. The van der Waals surface area contributed by atoms with E-state index in [4.69, 9.17) is 17.3 Å². The lowest BCUT2D eigenvalue weighted by molar-refractivity contribution is 0.125. The highest BCUT2D eigenvalue weighted by atomic mass is 35.5.